The highest BCUT2D eigenvalue weighted by Crippen LogP contribution is 2.75. The fraction of sp³-hybridized carbons (Fsp3) is 0.775. The SMILES string of the molecule is COc1ccc(CCC(=O)[C@]23CC[C@@H](C)[C@H](C)[C@H]2C2=CC[C@@H]4[C@@]5(C)CC[C@H](O)C(C)(C)[C@@H]5CC[C@@]4(C)[C@]2(C)CC3)c(OC)c1. The Bertz CT molecular complexity index is 1310. The van der Waals surface area contributed by atoms with Gasteiger partial charge in [0.05, 0.1) is 20.3 Å². The summed E-state index contributed by atoms with van der Waals surface area (Å²) < 4.78 is 11.1. The molecule has 0 spiro atoms. The van der Waals surface area contributed by atoms with Gasteiger partial charge in [0.15, 0.2) is 0 Å². The molecule has 0 heterocycles. The van der Waals surface area contributed by atoms with Gasteiger partial charge in [-0.1, -0.05) is 66.2 Å². The van der Waals surface area contributed by atoms with Crippen molar-refractivity contribution in [2.75, 3.05) is 14.2 Å². The summed E-state index contributed by atoms with van der Waals surface area (Å²) in [4.78, 5) is 14.7. The molecule has 0 aromatic heterocycles. The van der Waals surface area contributed by atoms with E-state index in [1.54, 1.807) is 19.8 Å². The number of methoxy groups -OCH3 is 2. The molecular formula is C40H60O4. The number of benzene rings is 1. The molecule has 0 amide bonds. The van der Waals surface area contributed by atoms with Crippen molar-refractivity contribution in [1.29, 1.82) is 0 Å². The predicted molar refractivity (Wildman–Crippen MR) is 178 cm³/mol. The van der Waals surface area contributed by atoms with E-state index in [0.29, 0.717) is 48.2 Å². The van der Waals surface area contributed by atoms with E-state index in [-0.39, 0.29) is 33.2 Å². The first kappa shape index (κ1) is 32.1. The second kappa shape index (κ2) is 10.9. The number of aliphatic hydroxyl groups is 1. The Balaban J connectivity index is 1.34. The number of ether oxygens (including phenoxy) is 2. The number of rotatable bonds is 6. The summed E-state index contributed by atoms with van der Waals surface area (Å²) in [5, 5.41) is 11.1. The van der Waals surface area contributed by atoms with Crippen LogP contribution in [0.4, 0.5) is 0 Å². The number of hydrogen-bond acceptors (Lipinski definition) is 4. The summed E-state index contributed by atoms with van der Waals surface area (Å²) >= 11 is 0. The minimum atomic E-state index is -0.252. The standard InChI is InChI=1S/C40H60O4/c1-25-16-21-40(34(42)15-11-27-10-12-28(43-8)24-30(27)44-9)23-22-38(6)29(35(40)26(25)2)13-14-32-37(5)19-18-33(41)36(3,4)31(37)17-20-39(32,38)7/h10,12-13,24-26,31-33,35,41H,11,14-23H2,1-9H3/t25-,26+,31+,32-,33+,35+,37+,38-,39-,40-/m1/s1. The normalized spacial score (nSPS) is 44.3. The van der Waals surface area contributed by atoms with Gasteiger partial charge in [-0.2, -0.15) is 0 Å². The monoisotopic (exact) mass is 604 g/mol. The minimum absolute atomic E-state index is 0.0345. The molecule has 0 saturated heterocycles. The number of fused-ring (bicyclic) bond motifs is 7. The molecular weight excluding hydrogens is 544 g/mol. The van der Waals surface area contributed by atoms with Crippen molar-refractivity contribution in [2.24, 2.45) is 56.7 Å². The summed E-state index contributed by atoms with van der Waals surface area (Å²) in [6, 6.07) is 5.98. The Morgan fingerprint density at radius 1 is 0.909 bits per heavy atom. The molecule has 6 rings (SSSR count). The van der Waals surface area contributed by atoms with Gasteiger partial charge >= 0.3 is 0 Å². The topological polar surface area (TPSA) is 55.8 Å². The van der Waals surface area contributed by atoms with Gasteiger partial charge in [-0.3, -0.25) is 4.79 Å². The van der Waals surface area contributed by atoms with Gasteiger partial charge in [0.2, 0.25) is 0 Å². The van der Waals surface area contributed by atoms with Crippen LogP contribution in [0.1, 0.15) is 118 Å². The fourth-order valence-electron chi connectivity index (χ4n) is 12.5. The first-order chi connectivity index (χ1) is 20.7. The quantitative estimate of drug-likeness (QED) is 0.329. The molecule has 4 heteroatoms. The summed E-state index contributed by atoms with van der Waals surface area (Å²) in [7, 11) is 3.38. The third kappa shape index (κ3) is 4.34. The molecule has 5 aliphatic rings. The van der Waals surface area contributed by atoms with Gasteiger partial charge in [-0.25, -0.2) is 0 Å². The number of allylic oxidation sites excluding steroid dienone is 2. The van der Waals surface area contributed by atoms with Crippen molar-refractivity contribution >= 4 is 5.78 Å². The molecule has 1 aromatic rings. The molecule has 0 unspecified atom stereocenters. The van der Waals surface area contributed by atoms with Crippen LogP contribution in [0.5, 0.6) is 11.5 Å². The van der Waals surface area contributed by atoms with E-state index in [1.165, 1.54) is 12.8 Å². The van der Waals surface area contributed by atoms with Crippen molar-refractivity contribution in [3.8, 4) is 11.5 Å². The summed E-state index contributed by atoms with van der Waals surface area (Å²) in [5.74, 6) is 4.72. The van der Waals surface area contributed by atoms with Crippen LogP contribution in [0.25, 0.3) is 0 Å². The lowest BCUT2D eigenvalue weighted by Crippen LogP contribution is -2.65. The lowest BCUT2D eigenvalue weighted by atomic mass is 9.33. The lowest BCUT2D eigenvalue weighted by molar-refractivity contribution is -0.204. The Labute approximate surface area is 267 Å². The van der Waals surface area contributed by atoms with Crippen LogP contribution in [0, 0.1) is 56.7 Å². The molecule has 0 aliphatic heterocycles. The van der Waals surface area contributed by atoms with E-state index in [4.69, 9.17) is 9.47 Å². The molecule has 44 heavy (non-hydrogen) atoms. The third-order valence-electron chi connectivity index (χ3n) is 15.6. The van der Waals surface area contributed by atoms with Crippen molar-refractivity contribution in [1.82, 2.24) is 0 Å². The smallest absolute Gasteiger partial charge is 0.139 e. The van der Waals surface area contributed by atoms with E-state index >= 15 is 0 Å². The second-order valence-corrected chi connectivity index (χ2v) is 17.3. The zero-order chi connectivity index (χ0) is 31.9. The number of ketones is 1. The fourth-order valence-corrected chi connectivity index (χ4v) is 12.5. The van der Waals surface area contributed by atoms with Crippen molar-refractivity contribution in [3.05, 3.63) is 35.4 Å². The van der Waals surface area contributed by atoms with Crippen LogP contribution in [0.2, 0.25) is 0 Å². The maximum Gasteiger partial charge on any atom is 0.139 e. The van der Waals surface area contributed by atoms with E-state index < -0.39 is 0 Å². The van der Waals surface area contributed by atoms with Crippen LogP contribution in [-0.2, 0) is 11.2 Å². The van der Waals surface area contributed by atoms with Gasteiger partial charge in [-0.15, -0.1) is 0 Å². The van der Waals surface area contributed by atoms with Crippen LogP contribution < -0.4 is 9.47 Å². The van der Waals surface area contributed by atoms with E-state index in [1.807, 2.05) is 12.1 Å². The number of carbonyl (C=O) groups excluding carboxylic acids is 1. The highest BCUT2D eigenvalue weighted by molar-refractivity contribution is 5.86. The first-order valence-corrected chi connectivity index (χ1v) is 17.8. The van der Waals surface area contributed by atoms with Crippen molar-refractivity contribution < 1.29 is 19.4 Å². The average Bonchev–Trinajstić information content (AvgIpc) is 3.00. The molecule has 0 bridgehead atoms. The lowest BCUT2D eigenvalue weighted by Gasteiger charge is -2.71. The van der Waals surface area contributed by atoms with Gasteiger partial charge in [-0.05, 0) is 127 Å². The maximum absolute atomic E-state index is 14.7. The number of hydrogen-bond donors (Lipinski definition) is 1. The van der Waals surface area contributed by atoms with Gasteiger partial charge in [0.1, 0.15) is 17.3 Å². The Morgan fingerprint density at radius 2 is 1.66 bits per heavy atom. The summed E-state index contributed by atoms with van der Waals surface area (Å²) in [6.45, 7) is 17.4. The summed E-state index contributed by atoms with van der Waals surface area (Å²) in [5.41, 5.74) is 3.02. The van der Waals surface area contributed by atoms with Gasteiger partial charge in [0.25, 0.3) is 0 Å². The van der Waals surface area contributed by atoms with E-state index in [9.17, 15) is 9.90 Å². The minimum Gasteiger partial charge on any atom is -0.497 e. The van der Waals surface area contributed by atoms with Crippen molar-refractivity contribution in [2.45, 2.75) is 125 Å². The Hall–Kier alpha value is -1.81. The Kier molecular flexibility index (Phi) is 7.95. The molecule has 5 aliphatic carbocycles. The van der Waals surface area contributed by atoms with E-state index in [0.717, 1.165) is 62.0 Å². The maximum atomic E-state index is 14.7. The molecule has 4 saturated carbocycles. The van der Waals surface area contributed by atoms with Crippen LogP contribution in [0.15, 0.2) is 29.8 Å². The van der Waals surface area contributed by atoms with Crippen LogP contribution in [0.3, 0.4) is 0 Å². The zero-order valence-electron chi connectivity index (χ0n) is 29.2. The average molecular weight is 605 g/mol. The molecule has 0 radical (unpaired) electrons. The van der Waals surface area contributed by atoms with Crippen molar-refractivity contribution in [3.63, 3.8) is 0 Å². The van der Waals surface area contributed by atoms with Gasteiger partial charge < -0.3 is 14.6 Å². The number of Topliss-reactive ketones (excluding diaryl/α,β-unsaturated/α-hetero) is 1. The highest BCUT2D eigenvalue weighted by atomic mass is 16.5. The molecule has 4 fully saturated rings. The van der Waals surface area contributed by atoms with Gasteiger partial charge in [0, 0.05) is 17.9 Å². The number of aryl methyl sites for hydroxylation is 1. The predicted octanol–water partition coefficient (Wildman–Crippen LogP) is 9.22. The zero-order valence-corrected chi connectivity index (χ0v) is 29.2. The van der Waals surface area contributed by atoms with Crippen LogP contribution >= 0.6 is 0 Å². The highest BCUT2D eigenvalue weighted by Gasteiger charge is 2.69. The molecule has 1 N–H and O–H groups in total. The number of aliphatic hydroxyl groups excluding tert-OH is 1. The summed E-state index contributed by atoms with van der Waals surface area (Å²) in [6.07, 6.45) is 13.7. The largest absolute Gasteiger partial charge is 0.497 e. The first-order valence-electron chi connectivity index (χ1n) is 17.8. The molecule has 10 atom stereocenters. The molecule has 4 nitrogen and oxygen atoms in total. The third-order valence-corrected chi connectivity index (χ3v) is 15.6. The Morgan fingerprint density at radius 3 is 2.36 bits per heavy atom. The number of carbonyl (C=O) groups is 1. The van der Waals surface area contributed by atoms with Crippen LogP contribution in [-0.4, -0.2) is 31.2 Å². The van der Waals surface area contributed by atoms with E-state index in [2.05, 4.69) is 60.6 Å². The second-order valence-electron chi connectivity index (χ2n) is 17.3. The molecule has 244 valence electrons. The molecule has 1 aromatic carbocycles.